The number of carbonyl (C=O) groups excluding carboxylic acids is 1. The fraction of sp³-hybridized carbons (Fsp3) is 0.500. The molecule has 0 spiro atoms. The number of amides is 1. The Labute approximate surface area is 117 Å². The molecule has 2 rings (SSSR count). The molecular weight excluding hydrogens is 267 g/mol. The van der Waals surface area contributed by atoms with Crippen LogP contribution in [-0.2, 0) is 11.3 Å². The molecule has 1 aliphatic rings. The van der Waals surface area contributed by atoms with Gasteiger partial charge in [-0.3, -0.25) is 4.79 Å². The highest BCUT2D eigenvalue weighted by molar-refractivity contribution is 6.31. The number of hydrogen-bond donors (Lipinski definition) is 1. The number of hydrogen-bond acceptors (Lipinski definition) is 2. The molecule has 104 valence electrons. The largest absolute Gasteiger partial charge is 0.341 e. The van der Waals surface area contributed by atoms with Crippen LogP contribution in [0.1, 0.15) is 24.8 Å². The van der Waals surface area contributed by atoms with E-state index >= 15 is 0 Å². The standard InChI is InChI=1S/C14H18ClFN2O/c1-18(14(19)7-8-17-10-5-6-10)9-11-12(15)3-2-4-13(11)16/h2-4,10,17H,5-9H2,1H3. The summed E-state index contributed by atoms with van der Waals surface area (Å²) in [6.45, 7) is 0.882. The second kappa shape index (κ2) is 6.35. The summed E-state index contributed by atoms with van der Waals surface area (Å²) < 4.78 is 13.6. The Morgan fingerprint density at radius 1 is 1.53 bits per heavy atom. The second-order valence-electron chi connectivity index (χ2n) is 4.93. The van der Waals surface area contributed by atoms with E-state index in [9.17, 15) is 9.18 Å². The maximum Gasteiger partial charge on any atom is 0.223 e. The van der Waals surface area contributed by atoms with Gasteiger partial charge in [-0.05, 0) is 25.0 Å². The van der Waals surface area contributed by atoms with Gasteiger partial charge in [-0.15, -0.1) is 0 Å². The number of nitrogens with zero attached hydrogens (tertiary/aromatic N) is 1. The molecule has 0 aliphatic heterocycles. The van der Waals surface area contributed by atoms with E-state index in [1.807, 2.05) is 0 Å². The summed E-state index contributed by atoms with van der Waals surface area (Å²) in [6, 6.07) is 5.14. The van der Waals surface area contributed by atoms with Crippen molar-refractivity contribution in [1.82, 2.24) is 10.2 Å². The van der Waals surface area contributed by atoms with Gasteiger partial charge in [-0.25, -0.2) is 4.39 Å². The third kappa shape index (κ3) is 4.18. The van der Waals surface area contributed by atoms with Crippen molar-refractivity contribution in [3.63, 3.8) is 0 Å². The van der Waals surface area contributed by atoms with E-state index in [-0.39, 0.29) is 18.3 Å². The summed E-state index contributed by atoms with van der Waals surface area (Å²) >= 11 is 5.94. The molecule has 0 heterocycles. The summed E-state index contributed by atoms with van der Waals surface area (Å²) in [5.74, 6) is -0.379. The Hall–Kier alpha value is -1.13. The quantitative estimate of drug-likeness (QED) is 0.871. The Kier molecular flexibility index (Phi) is 4.77. The second-order valence-corrected chi connectivity index (χ2v) is 5.34. The lowest BCUT2D eigenvalue weighted by Gasteiger charge is -2.18. The fourth-order valence-corrected chi connectivity index (χ4v) is 2.09. The molecule has 0 bridgehead atoms. The average molecular weight is 285 g/mol. The van der Waals surface area contributed by atoms with Gasteiger partial charge in [-0.2, -0.15) is 0 Å². The van der Waals surface area contributed by atoms with Gasteiger partial charge in [0.1, 0.15) is 5.82 Å². The molecule has 5 heteroatoms. The van der Waals surface area contributed by atoms with Gasteiger partial charge in [-0.1, -0.05) is 17.7 Å². The number of nitrogens with one attached hydrogen (secondary N) is 1. The lowest BCUT2D eigenvalue weighted by molar-refractivity contribution is -0.130. The van der Waals surface area contributed by atoms with Crippen molar-refractivity contribution < 1.29 is 9.18 Å². The Bertz CT molecular complexity index is 443. The first-order valence-corrected chi connectivity index (χ1v) is 6.86. The SMILES string of the molecule is CN(Cc1c(F)cccc1Cl)C(=O)CCNC1CC1. The fourth-order valence-electron chi connectivity index (χ4n) is 1.87. The average Bonchev–Trinajstić information content (AvgIpc) is 3.17. The van der Waals surface area contributed by atoms with Crippen molar-refractivity contribution in [2.75, 3.05) is 13.6 Å². The molecule has 3 nitrogen and oxygen atoms in total. The van der Waals surface area contributed by atoms with Crippen LogP contribution < -0.4 is 5.32 Å². The van der Waals surface area contributed by atoms with Gasteiger partial charge in [0.25, 0.3) is 0 Å². The predicted molar refractivity (Wildman–Crippen MR) is 73.5 cm³/mol. The molecule has 1 aromatic rings. The molecule has 1 fully saturated rings. The van der Waals surface area contributed by atoms with E-state index in [1.54, 1.807) is 19.2 Å². The summed E-state index contributed by atoms with van der Waals surface area (Å²) in [7, 11) is 1.67. The first kappa shape index (κ1) is 14.3. The molecule has 0 atom stereocenters. The Morgan fingerprint density at radius 3 is 2.89 bits per heavy atom. The molecule has 0 radical (unpaired) electrons. The molecular formula is C14H18ClFN2O. The van der Waals surface area contributed by atoms with Crippen LogP contribution in [0.3, 0.4) is 0 Å². The molecule has 1 saturated carbocycles. The van der Waals surface area contributed by atoms with Gasteiger partial charge >= 0.3 is 0 Å². The van der Waals surface area contributed by atoms with Crippen LogP contribution in [0.5, 0.6) is 0 Å². The monoisotopic (exact) mass is 284 g/mol. The van der Waals surface area contributed by atoms with Crippen LogP contribution in [-0.4, -0.2) is 30.4 Å². The molecule has 0 unspecified atom stereocenters. The zero-order valence-electron chi connectivity index (χ0n) is 11.0. The smallest absolute Gasteiger partial charge is 0.223 e. The van der Waals surface area contributed by atoms with Crippen LogP contribution in [0.15, 0.2) is 18.2 Å². The lowest BCUT2D eigenvalue weighted by Crippen LogP contribution is -2.30. The number of benzene rings is 1. The van der Waals surface area contributed by atoms with E-state index in [2.05, 4.69) is 5.32 Å². The maximum absolute atomic E-state index is 13.6. The van der Waals surface area contributed by atoms with E-state index in [1.165, 1.54) is 23.8 Å². The summed E-state index contributed by atoms with van der Waals surface area (Å²) in [5.41, 5.74) is 0.371. The third-order valence-corrected chi connectivity index (χ3v) is 3.59. The minimum absolute atomic E-state index is 0.00697. The van der Waals surface area contributed by atoms with Crippen LogP contribution in [0.25, 0.3) is 0 Å². The number of halogens is 2. The van der Waals surface area contributed by atoms with Crippen LogP contribution >= 0.6 is 11.6 Å². The van der Waals surface area contributed by atoms with Crippen molar-refractivity contribution in [2.45, 2.75) is 31.8 Å². The minimum Gasteiger partial charge on any atom is -0.341 e. The molecule has 1 aromatic carbocycles. The van der Waals surface area contributed by atoms with Crippen molar-refractivity contribution in [3.05, 3.63) is 34.6 Å². The van der Waals surface area contributed by atoms with Gasteiger partial charge in [0, 0.05) is 43.2 Å². The minimum atomic E-state index is -0.372. The van der Waals surface area contributed by atoms with Crippen LogP contribution in [0.2, 0.25) is 5.02 Å². The number of rotatable bonds is 6. The first-order chi connectivity index (χ1) is 9.08. The molecule has 1 N–H and O–H groups in total. The van der Waals surface area contributed by atoms with E-state index in [0.717, 1.165) is 0 Å². The summed E-state index contributed by atoms with van der Waals surface area (Å²) in [6.07, 6.45) is 2.84. The maximum atomic E-state index is 13.6. The molecule has 19 heavy (non-hydrogen) atoms. The topological polar surface area (TPSA) is 32.3 Å². The highest BCUT2D eigenvalue weighted by Crippen LogP contribution is 2.21. The van der Waals surface area contributed by atoms with E-state index in [4.69, 9.17) is 11.6 Å². The van der Waals surface area contributed by atoms with Crippen LogP contribution in [0.4, 0.5) is 4.39 Å². The van der Waals surface area contributed by atoms with Crippen molar-refractivity contribution in [1.29, 1.82) is 0 Å². The normalized spacial score (nSPS) is 14.5. The molecule has 0 aromatic heterocycles. The summed E-state index contributed by atoms with van der Waals surface area (Å²) in [4.78, 5) is 13.4. The highest BCUT2D eigenvalue weighted by atomic mass is 35.5. The lowest BCUT2D eigenvalue weighted by atomic mass is 10.2. The van der Waals surface area contributed by atoms with Gasteiger partial charge in [0.05, 0.1) is 0 Å². The highest BCUT2D eigenvalue weighted by Gasteiger charge is 2.21. The van der Waals surface area contributed by atoms with Gasteiger partial charge in [0.2, 0.25) is 5.91 Å². The molecule has 0 saturated heterocycles. The van der Waals surface area contributed by atoms with Crippen molar-refractivity contribution in [3.8, 4) is 0 Å². The van der Waals surface area contributed by atoms with Crippen LogP contribution in [0, 0.1) is 5.82 Å². The predicted octanol–water partition coefficient (Wildman–Crippen LogP) is 2.58. The Morgan fingerprint density at radius 2 is 2.26 bits per heavy atom. The van der Waals surface area contributed by atoms with Crippen molar-refractivity contribution >= 4 is 17.5 Å². The Balaban J connectivity index is 1.84. The molecule has 1 aliphatic carbocycles. The van der Waals surface area contributed by atoms with Gasteiger partial charge < -0.3 is 10.2 Å². The molecule has 1 amide bonds. The zero-order valence-corrected chi connectivity index (χ0v) is 11.7. The number of carbonyl (C=O) groups is 1. The first-order valence-electron chi connectivity index (χ1n) is 6.48. The zero-order chi connectivity index (χ0) is 13.8. The van der Waals surface area contributed by atoms with Crippen molar-refractivity contribution in [2.24, 2.45) is 0 Å². The summed E-state index contributed by atoms with van der Waals surface area (Å²) in [5, 5.41) is 3.64. The van der Waals surface area contributed by atoms with E-state index in [0.29, 0.717) is 29.6 Å². The third-order valence-electron chi connectivity index (χ3n) is 3.23. The van der Waals surface area contributed by atoms with E-state index < -0.39 is 0 Å². The van der Waals surface area contributed by atoms with Gasteiger partial charge in [0.15, 0.2) is 0 Å².